The van der Waals surface area contributed by atoms with E-state index in [1.54, 1.807) is 0 Å². The standard InChI is InChI=1S/K.H2O3Si.9H2O.H/c;1-4(2)3;;;;;;;;;;/h;1-2H;9*1H2;/q+1;;;;;;;;;;;-1. The van der Waals surface area contributed by atoms with E-state index in [0.29, 0.717) is 0 Å². The summed E-state index contributed by atoms with van der Waals surface area (Å²) in [6, 6.07) is 0. The van der Waals surface area contributed by atoms with E-state index < -0.39 is 9.17 Å². The van der Waals surface area contributed by atoms with Gasteiger partial charge in [-0.2, -0.15) is 0 Å². The van der Waals surface area contributed by atoms with Crippen molar-refractivity contribution in [3.05, 3.63) is 0 Å². The van der Waals surface area contributed by atoms with Crippen molar-refractivity contribution in [2.75, 3.05) is 0 Å². The van der Waals surface area contributed by atoms with Gasteiger partial charge in [0.15, 0.2) is 0 Å². The van der Waals surface area contributed by atoms with Gasteiger partial charge in [0.25, 0.3) is 0 Å². The molecule has 0 saturated carbocycles. The van der Waals surface area contributed by atoms with E-state index in [-0.39, 0.29) is 102 Å². The molecule has 0 unspecified atom stereocenters. The maximum absolute atomic E-state index is 8.74. The predicted octanol–water partition coefficient (Wildman–Crippen LogP) is -11.9. The fraction of sp³-hybridized carbons (Fsp3) is 0. The third-order valence-electron chi connectivity index (χ3n) is 0. The molecule has 0 aromatic rings. The van der Waals surface area contributed by atoms with Crippen LogP contribution >= 0.6 is 0 Å². The molecule has 14 heavy (non-hydrogen) atoms. The molecule has 12 nitrogen and oxygen atoms in total. The van der Waals surface area contributed by atoms with E-state index in [2.05, 4.69) is 0 Å². The summed E-state index contributed by atoms with van der Waals surface area (Å²) < 4.78 is 8.74. The maximum atomic E-state index is 8.74. The SMILES string of the molecule is O.O.O.O.O.O.O.O.O.O=[Si](O)O.[H-].[K+]. The average molecular weight is 280 g/mol. The van der Waals surface area contributed by atoms with E-state index in [1.807, 2.05) is 0 Å². The first-order valence-electron chi connectivity index (χ1n) is 0.651. The summed E-state index contributed by atoms with van der Waals surface area (Å²) >= 11 is 0. The number of rotatable bonds is 0. The van der Waals surface area contributed by atoms with Crippen LogP contribution < -0.4 is 51.4 Å². The Hall–Kier alpha value is 0.893. The molecule has 0 aliphatic carbocycles. The van der Waals surface area contributed by atoms with Crippen molar-refractivity contribution >= 4 is 9.17 Å². The van der Waals surface area contributed by atoms with Crippen LogP contribution in [0.1, 0.15) is 1.43 Å². The summed E-state index contributed by atoms with van der Waals surface area (Å²) in [6.07, 6.45) is 0. The van der Waals surface area contributed by atoms with Crippen LogP contribution in [0.2, 0.25) is 0 Å². The summed E-state index contributed by atoms with van der Waals surface area (Å²) in [5, 5.41) is 0. The Bertz CT molecular complexity index is 38.6. The molecule has 20 N–H and O–H groups in total. The van der Waals surface area contributed by atoms with Crippen molar-refractivity contribution < 1.29 is 116 Å². The largest absolute Gasteiger partial charge is 1.00 e. The topological polar surface area (TPSA) is 341 Å². The van der Waals surface area contributed by atoms with Gasteiger partial charge in [-0.3, -0.25) is 4.46 Å². The van der Waals surface area contributed by atoms with Crippen molar-refractivity contribution in [3.63, 3.8) is 0 Å². The second kappa shape index (κ2) is 152. The summed E-state index contributed by atoms with van der Waals surface area (Å²) in [6.45, 7) is 0. The van der Waals surface area contributed by atoms with Crippen LogP contribution in [0.3, 0.4) is 0 Å². The van der Waals surface area contributed by atoms with E-state index in [1.165, 1.54) is 0 Å². The van der Waals surface area contributed by atoms with Gasteiger partial charge in [0.2, 0.25) is 0 Å². The van der Waals surface area contributed by atoms with Crippen LogP contribution in [0.4, 0.5) is 0 Å². The molecule has 0 radical (unpaired) electrons. The molecule has 0 aromatic carbocycles. The second-order valence-electron chi connectivity index (χ2n) is 0.283. The fourth-order valence-corrected chi connectivity index (χ4v) is 0. The van der Waals surface area contributed by atoms with Gasteiger partial charge in [0.1, 0.15) is 0 Å². The summed E-state index contributed by atoms with van der Waals surface area (Å²) in [4.78, 5) is 14.3. The molecular formula is H21KO12Si. The molecule has 0 aromatic heterocycles. The monoisotopic (exact) mass is 280 g/mol. The number of hydrogen-bond donors (Lipinski definition) is 2. The van der Waals surface area contributed by atoms with Gasteiger partial charge in [-0.05, 0) is 0 Å². The molecule has 98 valence electrons. The van der Waals surface area contributed by atoms with Crippen LogP contribution in [0.5, 0.6) is 0 Å². The van der Waals surface area contributed by atoms with Gasteiger partial charge in [0, 0.05) is 0 Å². The molecule has 0 saturated heterocycles. The Kier molecular flexibility index (Phi) is 2060. The first kappa shape index (κ1) is 190. The first-order chi connectivity index (χ1) is 1.73. The van der Waals surface area contributed by atoms with Crippen LogP contribution in [-0.2, 0) is 4.46 Å². The molecule has 0 bridgehead atoms. The minimum atomic E-state index is -3.13. The van der Waals surface area contributed by atoms with E-state index >= 15 is 0 Å². The molecule has 0 aliphatic heterocycles. The molecule has 0 atom stereocenters. The van der Waals surface area contributed by atoms with Crippen molar-refractivity contribution in [1.29, 1.82) is 0 Å². The number of hydrogen-bond acceptors (Lipinski definition) is 1. The molecule has 0 rings (SSSR count). The van der Waals surface area contributed by atoms with Gasteiger partial charge in [0.05, 0.1) is 0 Å². The molecule has 0 amide bonds. The molecule has 0 fully saturated rings. The van der Waals surface area contributed by atoms with Crippen LogP contribution in [0.15, 0.2) is 0 Å². The van der Waals surface area contributed by atoms with E-state index in [0.717, 1.165) is 0 Å². The summed E-state index contributed by atoms with van der Waals surface area (Å²) in [5.41, 5.74) is 0. The Morgan fingerprint density at radius 2 is 0.643 bits per heavy atom. The van der Waals surface area contributed by atoms with Crippen molar-refractivity contribution in [2.45, 2.75) is 0 Å². The van der Waals surface area contributed by atoms with Crippen LogP contribution in [0.25, 0.3) is 0 Å². The van der Waals surface area contributed by atoms with Crippen molar-refractivity contribution in [3.8, 4) is 0 Å². The molecular weight excluding hydrogens is 259 g/mol. The second-order valence-corrected chi connectivity index (χ2v) is 0.848. The van der Waals surface area contributed by atoms with Crippen molar-refractivity contribution in [1.82, 2.24) is 0 Å². The quantitative estimate of drug-likeness (QED) is 0.408. The van der Waals surface area contributed by atoms with Gasteiger partial charge in [-0.1, -0.05) is 0 Å². The molecule has 0 aliphatic rings. The Labute approximate surface area is 124 Å². The first-order valence-corrected chi connectivity index (χ1v) is 1.95. The zero-order chi connectivity index (χ0) is 3.58. The Morgan fingerprint density at radius 3 is 0.643 bits per heavy atom. The fourth-order valence-electron chi connectivity index (χ4n) is 0. The van der Waals surface area contributed by atoms with Gasteiger partial charge >= 0.3 is 60.6 Å². The zero-order valence-electron chi connectivity index (χ0n) is 8.30. The van der Waals surface area contributed by atoms with Gasteiger partial charge < -0.3 is 60.3 Å². The molecule has 0 spiro atoms. The van der Waals surface area contributed by atoms with Gasteiger partial charge in [-0.25, -0.2) is 0 Å². The normalized spacial score (nSPS) is 1.71. The smallest absolute Gasteiger partial charge is 1.00 e. The van der Waals surface area contributed by atoms with Crippen molar-refractivity contribution in [2.24, 2.45) is 0 Å². The predicted molar refractivity (Wildman–Crippen MR) is 44.5 cm³/mol. The zero-order valence-corrected chi connectivity index (χ0v) is 11.4. The van der Waals surface area contributed by atoms with Crippen LogP contribution in [0, 0.1) is 0 Å². The average Bonchev–Trinajstić information content (AvgIpc) is 0.811. The molecule has 14 heteroatoms. The van der Waals surface area contributed by atoms with Gasteiger partial charge in [-0.15, -0.1) is 0 Å². The Balaban J connectivity index is -0.000000000818. The summed E-state index contributed by atoms with van der Waals surface area (Å²) in [7, 11) is -3.13. The maximum Gasteiger partial charge on any atom is 1.00 e. The van der Waals surface area contributed by atoms with E-state index in [4.69, 9.17) is 14.1 Å². The van der Waals surface area contributed by atoms with Crippen LogP contribution in [-0.4, -0.2) is 68.0 Å². The summed E-state index contributed by atoms with van der Waals surface area (Å²) in [5.74, 6) is 0. The molecule has 0 heterocycles. The van der Waals surface area contributed by atoms with E-state index in [9.17, 15) is 0 Å². The Morgan fingerprint density at radius 1 is 0.643 bits per heavy atom. The minimum Gasteiger partial charge on any atom is -1.00 e. The third-order valence-corrected chi connectivity index (χ3v) is 0. The minimum absolute atomic E-state index is 0. The third kappa shape index (κ3) is 2290.